The van der Waals surface area contributed by atoms with Crippen LogP contribution in [-0.2, 0) is 0 Å². The molecule has 1 aromatic heterocycles. The third-order valence-electron chi connectivity index (χ3n) is 8.30. The molecule has 0 bridgehead atoms. The first kappa shape index (κ1) is 17.3. The zero-order chi connectivity index (χ0) is 35.3. The summed E-state index contributed by atoms with van der Waals surface area (Å²) in [4.78, 5) is 0. The highest BCUT2D eigenvalue weighted by atomic mass is 16.3. The molecule has 0 unspecified atom stereocenters. The Hall–Kier alpha value is -5.66. The molecular formula is C42H26O. The van der Waals surface area contributed by atoms with Crippen molar-refractivity contribution in [2.75, 3.05) is 0 Å². The van der Waals surface area contributed by atoms with E-state index in [-0.39, 0.29) is 45.7 Å². The van der Waals surface area contributed by atoms with Crippen molar-refractivity contribution in [3.8, 4) is 33.4 Å². The Morgan fingerprint density at radius 1 is 0.419 bits per heavy atom. The van der Waals surface area contributed by atoms with E-state index in [4.69, 9.17) is 9.90 Å². The van der Waals surface area contributed by atoms with Crippen molar-refractivity contribution in [1.29, 1.82) is 0 Å². The molecule has 43 heavy (non-hydrogen) atoms. The second-order valence-corrected chi connectivity index (χ2v) is 10.7. The smallest absolute Gasteiger partial charge is 0.136 e. The fourth-order valence-corrected chi connectivity index (χ4v) is 6.38. The third kappa shape index (κ3) is 3.72. The predicted octanol–water partition coefficient (Wildman–Crippen LogP) is 12.0. The van der Waals surface area contributed by atoms with Crippen molar-refractivity contribution in [3.05, 3.63) is 158 Å². The van der Waals surface area contributed by atoms with Crippen LogP contribution in [0.3, 0.4) is 0 Å². The molecule has 8 aromatic carbocycles. The van der Waals surface area contributed by atoms with Gasteiger partial charge in [0.05, 0.1) is 11.0 Å². The molecule has 0 aliphatic carbocycles. The SMILES string of the molecule is [2H]c1c([2H])c([2H])c2c(-c3ccc4ccccc4c3)c3c([2H])c([2H])c([2H])c([2H])c3c(-c3ccc(-c4cccc5oc6ccccc6c45)cc3)c2c1[2H]. The number of hydrogen-bond donors (Lipinski definition) is 0. The van der Waals surface area contributed by atoms with Crippen LogP contribution in [0.2, 0.25) is 0 Å². The molecule has 1 nitrogen and oxygen atoms in total. The number of hydrogen-bond acceptors (Lipinski definition) is 1. The molecule has 0 N–H and O–H groups in total. The van der Waals surface area contributed by atoms with Gasteiger partial charge in [-0.15, -0.1) is 0 Å². The fourth-order valence-electron chi connectivity index (χ4n) is 6.38. The normalized spacial score (nSPS) is 14.3. The summed E-state index contributed by atoms with van der Waals surface area (Å²) in [6.45, 7) is 0. The zero-order valence-electron chi connectivity index (χ0n) is 30.8. The van der Waals surface area contributed by atoms with E-state index in [1.807, 2.05) is 109 Å². The number of furan rings is 1. The molecule has 0 atom stereocenters. The number of fused-ring (bicyclic) bond motifs is 6. The fraction of sp³-hybridized carbons (Fsp3) is 0. The lowest BCUT2D eigenvalue weighted by atomic mass is 9.85. The van der Waals surface area contributed by atoms with Crippen LogP contribution in [0.5, 0.6) is 0 Å². The van der Waals surface area contributed by atoms with E-state index in [2.05, 4.69) is 0 Å². The van der Waals surface area contributed by atoms with Gasteiger partial charge < -0.3 is 4.42 Å². The van der Waals surface area contributed by atoms with Gasteiger partial charge in [0, 0.05) is 10.8 Å². The van der Waals surface area contributed by atoms with E-state index in [0.717, 1.165) is 43.8 Å². The number of rotatable bonds is 3. The minimum Gasteiger partial charge on any atom is -0.456 e. The van der Waals surface area contributed by atoms with Gasteiger partial charge in [0.2, 0.25) is 0 Å². The minimum atomic E-state index is -0.423. The van der Waals surface area contributed by atoms with Gasteiger partial charge in [-0.1, -0.05) is 139 Å². The van der Waals surface area contributed by atoms with Crippen LogP contribution in [0.1, 0.15) is 11.0 Å². The summed E-state index contributed by atoms with van der Waals surface area (Å²) in [5.74, 6) is 0. The van der Waals surface area contributed by atoms with Crippen molar-refractivity contribution >= 4 is 54.3 Å². The summed E-state index contributed by atoms with van der Waals surface area (Å²) in [6, 6.07) is 31.9. The van der Waals surface area contributed by atoms with Crippen molar-refractivity contribution in [2.24, 2.45) is 0 Å². The Bertz CT molecular complexity index is 2860. The summed E-state index contributed by atoms with van der Waals surface area (Å²) < 4.78 is 77.8. The van der Waals surface area contributed by atoms with Gasteiger partial charge in [0.1, 0.15) is 11.2 Å². The maximum Gasteiger partial charge on any atom is 0.136 e. The van der Waals surface area contributed by atoms with Crippen molar-refractivity contribution < 1.29 is 15.4 Å². The van der Waals surface area contributed by atoms with Gasteiger partial charge in [-0.05, 0) is 83.9 Å². The quantitative estimate of drug-likeness (QED) is 0.198. The largest absolute Gasteiger partial charge is 0.456 e. The lowest BCUT2D eigenvalue weighted by molar-refractivity contribution is 0.669. The molecule has 0 radical (unpaired) electrons. The van der Waals surface area contributed by atoms with E-state index < -0.39 is 24.2 Å². The van der Waals surface area contributed by atoms with Gasteiger partial charge in [0.25, 0.3) is 0 Å². The third-order valence-corrected chi connectivity index (χ3v) is 8.30. The maximum atomic E-state index is 9.23. The van der Waals surface area contributed by atoms with E-state index in [1.54, 1.807) is 0 Å². The van der Waals surface area contributed by atoms with Crippen molar-refractivity contribution in [1.82, 2.24) is 0 Å². The summed E-state index contributed by atoms with van der Waals surface area (Å²) in [5, 5.41) is 4.59. The predicted molar refractivity (Wildman–Crippen MR) is 183 cm³/mol. The second kappa shape index (κ2) is 9.44. The lowest BCUT2D eigenvalue weighted by Gasteiger charge is -2.18. The Kier molecular flexibility index (Phi) is 3.80. The van der Waals surface area contributed by atoms with E-state index >= 15 is 0 Å². The summed E-state index contributed by atoms with van der Waals surface area (Å²) >= 11 is 0. The Labute approximate surface area is 260 Å². The first-order valence-corrected chi connectivity index (χ1v) is 14.1. The Balaban J connectivity index is 1.41. The summed E-state index contributed by atoms with van der Waals surface area (Å²) in [7, 11) is 0. The molecule has 0 amide bonds. The van der Waals surface area contributed by atoms with Crippen LogP contribution >= 0.6 is 0 Å². The van der Waals surface area contributed by atoms with Crippen LogP contribution in [0.25, 0.3) is 87.6 Å². The minimum absolute atomic E-state index is 0.192. The number of benzene rings is 8. The average Bonchev–Trinajstić information content (AvgIpc) is 3.55. The molecular weight excluding hydrogens is 520 g/mol. The molecule has 0 aliphatic rings. The van der Waals surface area contributed by atoms with Crippen LogP contribution in [0.15, 0.2) is 162 Å². The van der Waals surface area contributed by atoms with E-state index in [0.29, 0.717) is 22.3 Å². The van der Waals surface area contributed by atoms with Crippen LogP contribution in [0.4, 0.5) is 0 Å². The van der Waals surface area contributed by atoms with E-state index in [1.165, 1.54) is 0 Å². The van der Waals surface area contributed by atoms with Crippen molar-refractivity contribution in [3.63, 3.8) is 0 Å². The molecule has 0 aliphatic heterocycles. The molecule has 0 spiro atoms. The standard InChI is InChI=1S/C42H26O/c1-2-11-30-26-31(25-20-27(30)10-1)41-35-14-5-3-12-33(35)40(34-13-4-6-15-36(34)41)29-23-21-28(22-24-29)32-17-9-19-39-42(32)37-16-7-8-18-38(37)43-39/h1-26H/i3D,4D,5D,6D,12D,13D,14D,15D. The highest BCUT2D eigenvalue weighted by Gasteiger charge is 2.17. The molecule has 9 rings (SSSR count). The van der Waals surface area contributed by atoms with Gasteiger partial charge in [-0.3, -0.25) is 0 Å². The van der Waals surface area contributed by atoms with Gasteiger partial charge in [0.15, 0.2) is 0 Å². The first-order valence-electron chi connectivity index (χ1n) is 18.1. The molecule has 0 saturated carbocycles. The average molecular weight is 555 g/mol. The summed E-state index contributed by atoms with van der Waals surface area (Å²) in [6.07, 6.45) is 0. The second-order valence-electron chi connectivity index (χ2n) is 10.7. The monoisotopic (exact) mass is 554 g/mol. The highest BCUT2D eigenvalue weighted by Crippen LogP contribution is 2.45. The molecule has 1 heteroatoms. The number of para-hydroxylation sites is 1. The summed E-state index contributed by atoms with van der Waals surface area (Å²) in [5.41, 5.74) is 5.18. The van der Waals surface area contributed by atoms with E-state index in [9.17, 15) is 5.48 Å². The van der Waals surface area contributed by atoms with Crippen LogP contribution < -0.4 is 0 Å². The van der Waals surface area contributed by atoms with Gasteiger partial charge in [-0.2, -0.15) is 0 Å². The molecule has 0 saturated heterocycles. The van der Waals surface area contributed by atoms with Crippen LogP contribution in [-0.4, -0.2) is 0 Å². The lowest BCUT2D eigenvalue weighted by Crippen LogP contribution is -1.91. The van der Waals surface area contributed by atoms with Crippen molar-refractivity contribution in [2.45, 2.75) is 0 Å². The molecule has 9 aromatic rings. The zero-order valence-corrected chi connectivity index (χ0v) is 22.8. The van der Waals surface area contributed by atoms with Crippen LogP contribution in [0, 0.1) is 0 Å². The van der Waals surface area contributed by atoms with Gasteiger partial charge in [-0.25, -0.2) is 0 Å². The Morgan fingerprint density at radius 3 is 1.70 bits per heavy atom. The molecule has 200 valence electrons. The highest BCUT2D eigenvalue weighted by molar-refractivity contribution is 6.22. The topological polar surface area (TPSA) is 13.1 Å². The van der Waals surface area contributed by atoms with Gasteiger partial charge >= 0.3 is 0 Å². The molecule has 1 heterocycles. The maximum absolute atomic E-state index is 9.23. The Morgan fingerprint density at radius 2 is 0.977 bits per heavy atom. The molecule has 0 fully saturated rings. The first-order chi connectivity index (χ1) is 24.7.